The van der Waals surface area contributed by atoms with Gasteiger partial charge in [0.25, 0.3) is 0 Å². The molecule has 0 radical (unpaired) electrons. The van der Waals surface area contributed by atoms with Crippen molar-refractivity contribution in [1.82, 2.24) is 0 Å². The van der Waals surface area contributed by atoms with Crippen molar-refractivity contribution in [2.24, 2.45) is 0 Å². The molecule has 2 N–H and O–H groups in total. The first kappa shape index (κ1) is 10.9. The van der Waals surface area contributed by atoms with E-state index in [1.165, 1.54) is 0 Å². The minimum absolute atomic E-state index is 0. The Kier molecular flexibility index (Phi) is 7.17. The van der Waals surface area contributed by atoms with E-state index in [0.29, 0.717) is 0 Å². The molecule has 0 fully saturated rings. The molecule has 0 aliphatic rings. The van der Waals surface area contributed by atoms with Crippen LogP contribution in [0.5, 0.6) is 0 Å². The first-order valence-corrected chi connectivity index (χ1v) is 3.27. The van der Waals surface area contributed by atoms with E-state index in [9.17, 15) is 0 Å². The van der Waals surface area contributed by atoms with Crippen LogP contribution in [-0.2, 0) is 4.57 Å². The van der Waals surface area contributed by atoms with Gasteiger partial charge in [0.15, 0.2) is 0 Å². The van der Waals surface area contributed by atoms with Gasteiger partial charge in [0.1, 0.15) is 0 Å². The van der Waals surface area contributed by atoms with Crippen LogP contribution >= 0.6 is 18.2 Å². The smallest absolute Gasteiger partial charge is 1.00 e. The van der Waals surface area contributed by atoms with Crippen LogP contribution in [0, 0.1) is 0 Å². The van der Waals surface area contributed by atoms with Crippen molar-refractivity contribution >= 4 is 67.1 Å². The van der Waals surface area contributed by atoms with Crippen molar-refractivity contribution in [3.05, 3.63) is 0 Å². The predicted molar refractivity (Wildman–Crippen MR) is 25.9 cm³/mol. The molecular formula is H4BaClO3P. The molecule has 0 aromatic heterocycles. The standard InChI is InChI=1S/Ba.ClH2O3P.2H/c;1-5(2,3)4;;/h;(H2,2,3,4);;/q+2;;2*-1. The van der Waals surface area contributed by atoms with Crippen molar-refractivity contribution in [2.45, 2.75) is 0 Å². The Morgan fingerprint density at radius 3 is 1.67 bits per heavy atom. The Hall–Kier alpha value is 2.01. The molecule has 36 valence electrons. The summed E-state index contributed by atoms with van der Waals surface area (Å²) in [6, 6.07) is 0. The molecule has 0 heterocycles. The second kappa shape index (κ2) is 3.95. The van der Waals surface area contributed by atoms with Crippen LogP contribution in [0.2, 0.25) is 0 Å². The van der Waals surface area contributed by atoms with E-state index in [4.69, 9.17) is 14.4 Å². The zero-order chi connectivity index (χ0) is 4.50. The van der Waals surface area contributed by atoms with E-state index >= 15 is 0 Å². The fourth-order valence-electron chi connectivity index (χ4n) is 0. The molecule has 0 aromatic carbocycles. The maximum Gasteiger partial charge on any atom is 2.00 e. The Labute approximate surface area is 83.1 Å². The van der Waals surface area contributed by atoms with Gasteiger partial charge in [-0.3, -0.25) is 0 Å². The molecule has 0 aliphatic carbocycles. The summed E-state index contributed by atoms with van der Waals surface area (Å²) >= 11 is 4.20. The minimum Gasteiger partial charge on any atom is -1.00 e. The van der Waals surface area contributed by atoms with Gasteiger partial charge in [-0.1, -0.05) is 0 Å². The van der Waals surface area contributed by atoms with E-state index < -0.39 is 6.95 Å². The van der Waals surface area contributed by atoms with Crippen LogP contribution in [0.25, 0.3) is 0 Å². The van der Waals surface area contributed by atoms with Crippen LogP contribution in [0.4, 0.5) is 0 Å². The van der Waals surface area contributed by atoms with Gasteiger partial charge < -0.3 is 12.6 Å². The summed E-state index contributed by atoms with van der Waals surface area (Å²) < 4.78 is 9.09. The average Bonchev–Trinajstić information content (AvgIpc) is 0.722. The zero-order valence-corrected chi connectivity index (χ0v) is 8.93. The van der Waals surface area contributed by atoms with E-state index in [1.807, 2.05) is 0 Å². The maximum absolute atomic E-state index is 9.09. The summed E-state index contributed by atoms with van der Waals surface area (Å²) in [5, 5.41) is 0. The largest absolute Gasteiger partial charge is 2.00 e. The van der Waals surface area contributed by atoms with Gasteiger partial charge in [0, 0.05) is 11.2 Å². The summed E-state index contributed by atoms with van der Waals surface area (Å²) in [6.45, 7) is -4.17. The van der Waals surface area contributed by atoms with E-state index in [1.54, 1.807) is 0 Å². The van der Waals surface area contributed by atoms with Crippen molar-refractivity contribution < 1.29 is 17.2 Å². The van der Waals surface area contributed by atoms with Gasteiger partial charge in [-0.2, -0.15) is 0 Å². The van der Waals surface area contributed by atoms with Crippen molar-refractivity contribution in [3.63, 3.8) is 0 Å². The summed E-state index contributed by atoms with van der Waals surface area (Å²) in [5.41, 5.74) is 0. The van der Waals surface area contributed by atoms with Gasteiger partial charge in [0.2, 0.25) is 0 Å². The summed E-state index contributed by atoms with van der Waals surface area (Å²) in [5.74, 6) is 0. The monoisotopic (exact) mass is 256 g/mol. The number of halogens is 1. The molecule has 0 rings (SSSR count). The fraction of sp³-hybridized carbons (Fsp3) is 0. The Morgan fingerprint density at radius 1 is 1.67 bits per heavy atom. The van der Waals surface area contributed by atoms with Crippen molar-refractivity contribution in [3.8, 4) is 0 Å². The van der Waals surface area contributed by atoms with Gasteiger partial charge in [-0.05, 0) is 0 Å². The molecule has 0 aromatic rings. The molecule has 0 unspecified atom stereocenters. The SMILES string of the molecule is O=P(O)(O)Cl.[Ba+2].[H-].[H-]. The first-order chi connectivity index (χ1) is 2.00. The first-order valence-electron chi connectivity index (χ1n) is 0.752. The van der Waals surface area contributed by atoms with Crippen LogP contribution in [-0.4, -0.2) is 58.7 Å². The average molecular weight is 256 g/mol. The minimum atomic E-state index is -4.17. The number of rotatable bonds is 0. The molecule has 0 bridgehead atoms. The third-order valence-corrected chi connectivity index (χ3v) is 0. The predicted octanol–water partition coefficient (Wildman–Crippen LogP) is 0.162. The molecule has 0 spiro atoms. The summed E-state index contributed by atoms with van der Waals surface area (Å²) in [6.07, 6.45) is 0. The van der Waals surface area contributed by atoms with Crippen LogP contribution in [0.15, 0.2) is 0 Å². The molecule has 3 nitrogen and oxygen atoms in total. The molecule has 0 amide bonds. The summed E-state index contributed by atoms with van der Waals surface area (Å²) in [7, 11) is 0. The second-order valence-corrected chi connectivity index (χ2v) is 2.74. The molecule has 0 atom stereocenters. The number of hydrogen-bond donors (Lipinski definition) is 2. The van der Waals surface area contributed by atoms with Crippen LogP contribution in [0.1, 0.15) is 2.85 Å². The van der Waals surface area contributed by atoms with E-state index in [2.05, 4.69) is 11.2 Å². The third kappa shape index (κ3) is 37.3. The maximum atomic E-state index is 9.09. The fourth-order valence-corrected chi connectivity index (χ4v) is 0. The third-order valence-electron chi connectivity index (χ3n) is 0. The zero-order valence-electron chi connectivity index (χ0n) is 4.83. The summed E-state index contributed by atoms with van der Waals surface area (Å²) in [4.78, 5) is 14.8. The van der Waals surface area contributed by atoms with Crippen molar-refractivity contribution in [2.75, 3.05) is 0 Å². The van der Waals surface area contributed by atoms with Gasteiger partial charge in [-0.25, -0.2) is 4.57 Å². The topological polar surface area (TPSA) is 57.5 Å². The molecule has 0 aliphatic heterocycles. The second-order valence-electron chi connectivity index (χ2n) is 0.473. The Balaban J connectivity index is -0.0000000267. The molecule has 6 heteroatoms. The van der Waals surface area contributed by atoms with Crippen molar-refractivity contribution in [1.29, 1.82) is 0 Å². The van der Waals surface area contributed by atoms with Gasteiger partial charge in [-0.15, -0.1) is 0 Å². The quantitative estimate of drug-likeness (QED) is 0.479. The molecule has 0 saturated heterocycles. The van der Waals surface area contributed by atoms with E-state index in [-0.39, 0.29) is 51.7 Å². The Bertz CT molecular complexity index is 63.4. The Morgan fingerprint density at radius 2 is 1.67 bits per heavy atom. The molecule has 6 heavy (non-hydrogen) atoms. The molecular weight excluding hydrogens is 252 g/mol. The molecule has 0 saturated carbocycles. The van der Waals surface area contributed by atoms with E-state index in [0.717, 1.165) is 0 Å². The van der Waals surface area contributed by atoms with Crippen LogP contribution < -0.4 is 0 Å². The normalized spacial score (nSPS) is 9.83. The van der Waals surface area contributed by atoms with Crippen LogP contribution in [0.3, 0.4) is 0 Å². The number of hydrogen-bond acceptors (Lipinski definition) is 1. The van der Waals surface area contributed by atoms with Gasteiger partial charge >= 0.3 is 55.8 Å². The van der Waals surface area contributed by atoms with Gasteiger partial charge in [0.05, 0.1) is 0 Å².